The Hall–Kier alpha value is -0.670. The van der Waals surface area contributed by atoms with Gasteiger partial charge < -0.3 is 10.0 Å². The van der Waals surface area contributed by atoms with Crippen molar-refractivity contribution in [2.45, 2.75) is 85.3 Å². The van der Waals surface area contributed by atoms with E-state index >= 15 is 0 Å². The number of allylic oxidation sites excluding steroid dienone is 2. The minimum Gasteiger partial charge on any atom is -0.393 e. The number of fused-ring (bicyclic) bond motifs is 2. The predicted molar refractivity (Wildman–Crippen MR) is 116 cm³/mol. The van der Waals surface area contributed by atoms with Crippen LogP contribution in [0.25, 0.3) is 0 Å². The molecule has 4 fully saturated rings. The summed E-state index contributed by atoms with van der Waals surface area (Å²) in [4.78, 5) is 15.0. The number of aliphatic hydroxyl groups is 1. The molecular formula is C26H41NO2. The summed E-state index contributed by atoms with van der Waals surface area (Å²) in [5.74, 6) is 1.84. The minimum atomic E-state index is -0.220. The van der Waals surface area contributed by atoms with Crippen molar-refractivity contribution >= 4 is 5.78 Å². The molecule has 9 atom stereocenters. The maximum Gasteiger partial charge on any atom is 0.161 e. The Morgan fingerprint density at radius 2 is 1.72 bits per heavy atom. The molecule has 0 saturated heterocycles. The van der Waals surface area contributed by atoms with Crippen LogP contribution < -0.4 is 0 Å². The van der Waals surface area contributed by atoms with E-state index in [4.69, 9.17) is 0 Å². The van der Waals surface area contributed by atoms with Crippen LogP contribution in [0.3, 0.4) is 0 Å². The highest BCUT2D eigenvalue weighted by Gasteiger charge is 2.82. The first-order valence-corrected chi connectivity index (χ1v) is 12.0. The summed E-state index contributed by atoms with van der Waals surface area (Å²) in [6.07, 6.45) is 11.2. The summed E-state index contributed by atoms with van der Waals surface area (Å²) in [5, 5.41) is 11.3. The van der Waals surface area contributed by atoms with E-state index < -0.39 is 0 Å². The van der Waals surface area contributed by atoms with Crippen LogP contribution in [-0.2, 0) is 4.79 Å². The van der Waals surface area contributed by atoms with Crippen molar-refractivity contribution in [3.63, 3.8) is 0 Å². The fourth-order valence-electron chi connectivity index (χ4n) is 9.89. The lowest BCUT2D eigenvalue weighted by atomic mass is 9.42. The molecule has 0 radical (unpaired) electrons. The van der Waals surface area contributed by atoms with E-state index in [2.05, 4.69) is 59.7 Å². The Kier molecular flexibility index (Phi) is 3.89. The molecule has 0 aromatic rings. The predicted octanol–water partition coefficient (Wildman–Crippen LogP) is 4.69. The van der Waals surface area contributed by atoms with Crippen molar-refractivity contribution in [2.75, 3.05) is 14.1 Å². The molecule has 0 amide bonds. The molecule has 5 aliphatic carbocycles. The molecule has 0 aromatic heterocycles. The zero-order valence-electron chi connectivity index (χ0n) is 19.6. The number of hydrogen-bond acceptors (Lipinski definition) is 3. The molecular weight excluding hydrogens is 358 g/mol. The summed E-state index contributed by atoms with van der Waals surface area (Å²) >= 11 is 0. The second kappa shape index (κ2) is 5.57. The van der Waals surface area contributed by atoms with Crippen LogP contribution in [0, 0.1) is 44.8 Å². The second-order valence-electron chi connectivity index (χ2n) is 12.8. The van der Waals surface area contributed by atoms with Gasteiger partial charge in [-0.15, -0.1) is 0 Å². The van der Waals surface area contributed by atoms with Crippen LogP contribution in [-0.4, -0.2) is 42.0 Å². The summed E-state index contributed by atoms with van der Waals surface area (Å²) in [5.41, 5.74) is 0.768. The summed E-state index contributed by atoms with van der Waals surface area (Å²) < 4.78 is 0. The van der Waals surface area contributed by atoms with Gasteiger partial charge in [0.05, 0.1) is 6.10 Å². The van der Waals surface area contributed by atoms with Crippen molar-refractivity contribution in [3.05, 3.63) is 12.2 Å². The normalized spacial score (nSPS) is 55.7. The van der Waals surface area contributed by atoms with E-state index in [0.29, 0.717) is 35.0 Å². The fourth-order valence-corrected chi connectivity index (χ4v) is 9.89. The molecule has 5 aliphatic rings. The lowest BCUT2D eigenvalue weighted by Crippen LogP contribution is -2.57. The quantitative estimate of drug-likeness (QED) is 0.732. The Balaban J connectivity index is 1.56. The third-order valence-electron chi connectivity index (χ3n) is 11.8. The number of aliphatic hydroxyl groups excluding tert-OH is 1. The highest BCUT2D eigenvalue weighted by atomic mass is 16.3. The van der Waals surface area contributed by atoms with Crippen molar-refractivity contribution in [2.24, 2.45) is 44.8 Å². The Bertz CT molecular complexity index is 786. The number of hydrogen-bond donors (Lipinski definition) is 1. The number of carbonyl (C=O) groups is 1. The van der Waals surface area contributed by atoms with Crippen LogP contribution >= 0.6 is 0 Å². The molecule has 2 unspecified atom stereocenters. The molecule has 162 valence electrons. The Morgan fingerprint density at radius 1 is 1.07 bits per heavy atom. The monoisotopic (exact) mass is 399 g/mol. The van der Waals surface area contributed by atoms with Gasteiger partial charge in [-0.25, -0.2) is 0 Å². The molecule has 3 heteroatoms. The van der Waals surface area contributed by atoms with Crippen molar-refractivity contribution in [1.29, 1.82) is 0 Å². The second-order valence-corrected chi connectivity index (χ2v) is 12.8. The molecule has 0 bridgehead atoms. The first kappa shape index (κ1) is 20.2. The van der Waals surface area contributed by atoms with Gasteiger partial charge >= 0.3 is 0 Å². The van der Waals surface area contributed by atoms with Crippen LogP contribution in [0.1, 0.15) is 73.1 Å². The molecule has 5 rings (SSSR count). The van der Waals surface area contributed by atoms with E-state index in [0.717, 1.165) is 6.42 Å². The Morgan fingerprint density at radius 3 is 2.38 bits per heavy atom. The topological polar surface area (TPSA) is 40.5 Å². The van der Waals surface area contributed by atoms with Crippen LogP contribution in [0.5, 0.6) is 0 Å². The van der Waals surface area contributed by atoms with Gasteiger partial charge in [0.25, 0.3) is 0 Å². The highest BCUT2D eigenvalue weighted by Crippen LogP contribution is 2.87. The first-order valence-electron chi connectivity index (χ1n) is 12.0. The summed E-state index contributed by atoms with van der Waals surface area (Å²) in [7, 11) is 4.32. The summed E-state index contributed by atoms with van der Waals surface area (Å²) in [6, 6.07) is 0.390. The van der Waals surface area contributed by atoms with Gasteiger partial charge in [-0.1, -0.05) is 33.8 Å². The van der Waals surface area contributed by atoms with Gasteiger partial charge in [0.1, 0.15) is 0 Å². The average molecular weight is 400 g/mol. The molecule has 4 saturated carbocycles. The lowest BCUT2D eigenvalue weighted by Gasteiger charge is -2.62. The number of nitrogens with zero attached hydrogens (tertiary/aromatic N) is 1. The van der Waals surface area contributed by atoms with Gasteiger partial charge in [-0.05, 0) is 99.1 Å². The molecule has 0 aromatic carbocycles. The highest BCUT2D eigenvalue weighted by molar-refractivity contribution is 5.96. The SMILES string of the molecule is CC([C@@H]1C(O)C[C@@]2(C)[C@@H]3CC[C@H]4C(C)(C)C(=O)C=C[C@@]45C[C@@]35CC[C@]12C)N(C)C. The van der Waals surface area contributed by atoms with Crippen molar-refractivity contribution in [3.8, 4) is 0 Å². The minimum absolute atomic E-state index is 0.187. The lowest BCUT2D eigenvalue weighted by molar-refractivity contribution is -0.142. The number of ketones is 1. The molecule has 29 heavy (non-hydrogen) atoms. The largest absolute Gasteiger partial charge is 0.393 e. The zero-order valence-corrected chi connectivity index (χ0v) is 19.6. The number of rotatable bonds is 2. The van der Waals surface area contributed by atoms with Gasteiger partial charge in [-0.2, -0.15) is 0 Å². The van der Waals surface area contributed by atoms with Crippen molar-refractivity contribution in [1.82, 2.24) is 4.90 Å². The first-order chi connectivity index (χ1) is 13.4. The molecule has 2 spiro atoms. The Labute approximate surface area is 177 Å². The molecule has 0 heterocycles. The summed E-state index contributed by atoms with van der Waals surface area (Å²) in [6.45, 7) is 11.7. The van der Waals surface area contributed by atoms with Crippen LogP contribution in [0.4, 0.5) is 0 Å². The third kappa shape index (κ3) is 2.06. The number of carbonyl (C=O) groups excluding carboxylic acids is 1. The fraction of sp³-hybridized carbons (Fsp3) is 0.885. The van der Waals surface area contributed by atoms with E-state index in [1.54, 1.807) is 0 Å². The van der Waals surface area contributed by atoms with Gasteiger partial charge in [0.2, 0.25) is 0 Å². The van der Waals surface area contributed by atoms with E-state index in [1.807, 2.05) is 6.08 Å². The van der Waals surface area contributed by atoms with Crippen molar-refractivity contribution < 1.29 is 9.90 Å². The van der Waals surface area contributed by atoms with Crippen LogP contribution in [0.2, 0.25) is 0 Å². The van der Waals surface area contributed by atoms with E-state index in [1.165, 1.54) is 32.1 Å². The van der Waals surface area contributed by atoms with Crippen LogP contribution in [0.15, 0.2) is 12.2 Å². The molecule has 1 N–H and O–H groups in total. The maximum atomic E-state index is 12.7. The molecule has 3 nitrogen and oxygen atoms in total. The zero-order chi connectivity index (χ0) is 21.2. The molecule has 0 aliphatic heterocycles. The average Bonchev–Trinajstić information content (AvgIpc) is 3.24. The maximum absolute atomic E-state index is 12.7. The standard InChI is InChI=1S/C26H41NO2/c1-16(27(6)7)21-17(28)14-24(5)19-9-8-18-22(2,3)20(29)10-11-25(18)15-26(19,25)13-12-23(21,24)4/h10-11,16-19,21,28H,8-9,12-15H2,1-7H3/t16?,17?,18-,19-,21+,23+,24-,25+,26-/m0/s1. The smallest absolute Gasteiger partial charge is 0.161 e. The van der Waals surface area contributed by atoms with Gasteiger partial charge in [0, 0.05) is 17.4 Å². The van der Waals surface area contributed by atoms with Gasteiger partial charge in [-0.3, -0.25) is 4.79 Å². The van der Waals surface area contributed by atoms with Gasteiger partial charge in [0.15, 0.2) is 5.78 Å². The third-order valence-corrected chi connectivity index (χ3v) is 11.8. The van der Waals surface area contributed by atoms with E-state index in [9.17, 15) is 9.90 Å². The van der Waals surface area contributed by atoms with E-state index in [-0.39, 0.29) is 27.8 Å².